The predicted octanol–water partition coefficient (Wildman–Crippen LogP) is 1.39. The molecule has 0 heterocycles. The molecule has 0 rings (SSSR count). The lowest BCUT2D eigenvalue weighted by atomic mass is 9.69. The normalized spacial score (nSPS) is 15.4. The number of nitrogens with one attached hydrogen (secondary N) is 1. The lowest BCUT2D eigenvalue weighted by Crippen LogP contribution is -2.44. The summed E-state index contributed by atoms with van der Waals surface area (Å²) in [7, 11) is 0. The topological polar surface area (TPSA) is 52.5 Å². The summed E-state index contributed by atoms with van der Waals surface area (Å²) in [6, 6.07) is 0.0108. The third-order valence-electron chi connectivity index (χ3n) is 3.56. The van der Waals surface area contributed by atoms with Crippen LogP contribution in [0.1, 0.15) is 41.0 Å². The molecule has 0 saturated heterocycles. The minimum Gasteiger partial charge on any atom is -0.396 e. The molecule has 0 aliphatic heterocycles. The second-order valence-electron chi connectivity index (χ2n) is 5.91. The fourth-order valence-corrected chi connectivity index (χ4v) is 1.08. The second kappa shape index (κ2) is 5.83. The van der Waals surface area contributed by atoms with Gasteiger partial charge in [-0.05, 0) is 17.3 Å². The number of rotatable bonds is 6. The highest BCUT2D eigenvalue weighted by Crippen LogP contribution is 2.37. The summed E-state index contributed by atoms with van der Waals surface area (Å²) in [4.78, 5) is 0. The molecule has 3 heteroatoms. The fourth-order valence-electron chi connectivity index (χ4n) is 1.08. The van der Waals surface area contributed by atoms with Crippen LogP contribution < -0.4 is 5.32 Å². The van der Waals surface area contributed by atoms with Gasteiger partial charge in [-0.2, -0.15) is 0 Å². The maximum absolute atomic E-state index is 9.08. The van der Waals surface area contributed by atoms with E-state index in [4.69, 9.17) is 10.2 Å². The molecule has 0 fully saturated rings. The molecule has 0 aliphatic carbocycles. The summed E-state index contributed by atoms with van der Waals surface area (Å²) in [6.45, 7) is 12.1. The molecule has 0 spiro atoms. The van der Waals surface area contributed by atoms with Gasteiger partial charge < -0.3 is 15.5 Å². The van der Waals surface area contributed by atoms with E-state index < -0.39 is 0 Å². The highest BCUT2D eigenvalue weighted by molar-refractivity contribution is 4.85. The molecular weight excluding hydrogens is 190 g/mol. The lowest BCUT2D eigenvalue weighted by molar-refractivity contribution is 0.112. The second-order valence-corrected chi connectivity index (χ2v) is 5.91. The Hall–Kier alpha value is -0.120. The Kier molecular flexibility index (Phi) is 5.78. The molecule has 3 N–H and O–H groups in total. The van der Waals surface area contributed by atoms with Crippen molar-refractivity contribution in [2.24, 2.45) is 10.8 Å². The van der Waals surface area contributed by atoms with Crippen LogP contribution >= 0.6 is 0 Å². The van der Waals surface area contributed by atoms with Gasteiger partial charge in [0.25, 0.3) is 0 Å². The Bertz CT molecular complexity index is 173. The molecule has 0 aliphatic rings. The van der Waals surface area contributed by atoms with Crippen molar-refractivity contribution in [2.75, 3.05) is 19.8 Å². The van der Waals surface area contributed by atoms with E-state index in [1.807, 2.05) is 0 Å². The van der Waals surface area contributed by atoms with Gasteiger partial charge in [-0.25, -0.2) is 0 Å². The van der Waals surface area contributed by atoms with E-state index in [2.05, 4.69) is 39.9 Å². The van der Waals surface area contributed by atoms with Gasteiger partial charge >= 0.3 is 0 Å². The molecule has 0 saturated carbocycles. The highest BCUT2D eigenvalue weighted by Gasteiger charge is 2.32. The molecule has 0 aromatic heterocycles. The monoisotopic (exact) mass is 217 g/mol. The Balaban J connectivity index is 4.12. The Morgan fingerprint density at radius 3 is 1.93 bits per heavy atom. The molecule has 0 radical (unpaired) electrons. The van der Waals surface area contributed by atoms with Crippen LogP contribution in [-0.4, -0.2) is 36.0 Å². The smallest absolute Gasteiger partial charge is 0.0585 e. The van der Waals surface area contributed by atoms with E-state index >= 15 is 0 Å². The average molecular weight is 217 g/mol. The minimum atomic E-state index is 0.0108. The Labute approximate surface area is 93.9 Å². The van der Waals surface area contributed by atoms with Gasteiger partial charge in [0.05, 0.1) is 6.61 Å². The van der Waals surface area contributed by atoms with Crippen molar-refractivity contribution >= 4 is 0 Å². The van der Waals surface area contributed by atoms with Crippen LogP contribution in [0.3, 0.4) is 0 Å². The zero-order valence-electron chi connectivity index (χ0n) is 10.8. The van der Waals surface area contributed by atoms with Crippen LogP contribution in [0, 0.1) is 10.8 Å². The van der Waals surface area contributed by atoms with Crippen LogP contribution in [0.2, 0.25) is 0 Å². The molecule has 0 amide bonds. The maximum Gasteiger partial charge on any atom is 0.0585 e. The first kappa shape index (κ1) is 14.9. The first-order chi connectivity index (χ1) is 6.74. The van der Waals surface area contributed by atoms with Crippen molar-refractivity contribution in [1.29, 1.82) is 0 Å². The zero-order chi connectivity index (χ0) is 12.1. The number of hydrogen-bond donors (Lipinski definition) is 3. The molecule has 92 valence electrons. The molecular formula is C12H27NO2. The maximum atomic E-state index is 9.08. The zero-order valence-corrected chi connectivity index (χ0v) is 10.8. The van der Waals surface area contributed by atoms with Gasteiger partial charge in [0.15, 0.2) is 0 Å². The van der Waals surface area contributed by atoms with Crippen molar-refractivity contribution < 1.29 is 10.2 Å². The van der Waals surface area contributed by atoms with E-state index in [1.54, 1.807) is 0 Å². The van der Waals surface area contributed by atoms with Gasteiger partial charge in [0, 0.05) is 19.2 Å². The van der Waals surface area contributed by atoms with E-state index in [-0.39, 0.29) is 30.1 Å². The Morgan fingerprint density at radius 1 is 1.07 bits per heavy atom. The average Bonchev–Trinajstić information content (AvgIpc) is 2.10. The first-order valence-electron chi connectivity index (χ1n) is 5.69. The van der Waals surface area contributed by atoms with Crippen molar-refractivity contribution in [2.45, 2.75) is 47.1 Å². The van der Waals surface area contributed by atoms with E-state index in [0.29, 0.717) is 6.42 Å². The van der Waals surface area contributed by atoms with Crippen molar-refractivity contribution in [3.8, 4) is 0 Å². The van der Waals surface area contributed by atoms with Crippen molar-refractivity contribution in [1.82, 2.24) is 5.32 Å². The van der Waals surface area contributed by atoms with Gasteiger partial charge in [0.2, 0.25) is 0 Å². The van der Waals surface area contributed by atoms with Crippen LogP contribution in [-0.2, 0) is 0 Å². The molecule has 0 aromatic rings. The van der Waals surface area contributed by atoms with Gasteiger partial charge in [-0.3, -0.25) is 0 Å². The van der Waals surface area contributed by atoms with E-state index in [9.17, 15) is 0 Å². The molecule has 3 nitrogen and oxygen atoms in total. The SMILES string of the molecule is CC(C)(C)C(C)(C)CNC(CO)CCO. The minimum absolute atomic E-state index is 0.0108. The van der Waals surface area contributed by atoms with Gasteiger partial charge in [-0.1, -0.05) is 34.6 Å². The molecule has 1 atom stereocenters. The van der Waals surface area contributed by atoms with Crippen molar-refractivity contribution in [3.63, 3.8) is 0 Å². The molecule has 1 unspecified atom stereocenters. The van der Waals surface area contributed by atoms with Crippen LogP contribution in [0.25, 0.3) is 0 Å². The molecule has 0 bridgehead atoms. The summed E-state index contributed by atoms with van der Waals surface area (Å²) in [5.74, 6) is 0. The predicted molar refractivity (Wildman–Crippen MR) is 63.8 cm³/mol. The lowest BCUT2D eigenvalue weighted by Gasteiger charge is -2.40. The van der Waals surface area contributed by atoms with E-state index in [1.165, 1.54) is 0 Å². The van der Waals surface area contributed by atoms with Crippen LogP contribution in [0.15, 0.2) is 0 Å². The van der Waals surface area contributed by atoms with Crippen molar-refractivity contribution in [3.05, 3.63) is 0 Å². The van der Waals surface area contributed by atoms with Crippen LogP contribution in [0.5, 0.6) is 0 Å². The van der Waals surface area contributed by atoms with Crippen LogP contribution in [0.4, 0.5) is 0 Å². The molecule has 15 heavy (non-hydrogen) atoms. The van der Waals surface area contributed by atoms with Gasteiger partial charge in [-0.15, -0.1) is 0 Å². The Morgan fingerprint density at radius 2 is 1.60 bits per heavy atom. The highest BCUT2D eigenvalue weighted by atomic mass is 16.3. The van der Waals surface area contributed by atoms with E-state index in [0.717, 1.165) is 6.54 Å². The number of hydrogen-bond acceptors (Lipinski definition) is 3. The standard InChI is InChI=1S/C12H27NO2/c1-11(2,3)12(4,5)9-13-10(8-15)6-7-14/h10,13-15H,6-9H2,1-5H3. The summed E-state index contributed by atoms with van der Waals surface area (Å²) in [6.07, 6.45) is 0.608. The summed E-state index contributed by atoms with van der Waals surface area (Å²) >= 11 is 0. The quantitative estimate of drug-likeness (QED) is 0.630. The third kappa shape index (κ3) is 4.96. The number of aliphatic hydroxyl groups is 2. The summed E-state index contributed by atoms with van der Waals surface area (Å²) in [5, 5.41) is 21.2. The number of aliphatic hydroxyl groups excluding tert-OH is 2. The summed E-state index contributed by atoms with van der Waals surface area (Å²) in [5.41, 5.74) is 0.384. The van der Waals surface area contributed by atoms with Gasteiger partial charge in [0.1, 0.15) is 0 Å². The third-order valence-corrected chi connectivity index (χ3v) is 3.56. The first-order valence-corrected chi connectivity index (χ1v) is 5.69. The fraction of sp³-hybridized carbons (Fsp3) is 1.00. The largest absolute Gasteiger partial charge is 0.396 e. The molecule has 0 aromatic carbocycles. The summed E-state index contributed by atoms with van der Waals surface area (Å²) < 4.78 is 0.